The van der Waals surface area contributed by atoms with E-state index in [1.165, 1.54) is 5.56 Å². The van der Waals surface area contributed by atoms with Crippen LogP contribution in [0.3, 0.4) is 0 Å². The highest BCUT2D eigenvalue weighted by Crippen LogP contribution is 2.23. The van der Waals surface area contributed by atoms with Gasteiger partial charge in [-0.2, -0.15) is 4.98 Å². The summed E-state index contributed by atoms with van der Waals surface area (Å²) in [5.41, 5.74) is 8.60. The summed E-state index contributed by atoms with van der Waals surface area (Å²) in [6, 6.07) is 11.8. The molecule has 0 spiro atoms. The number of nitrogens with zero attached hydrogens (tertiary/aromatic N) is 1. The molecule has 0 saturated carbocycles. The number of hydrogen-bond donors (Lipinski definition) is 2. The number of nitrogens with two attached hydrogens (primary N) is 1. The summed E-state index contributed by atoms with van der Waals surface area (Å²) in [6.07, 6.45) is 0.927. The van der Waals surface area contributed by atoms with Gasteiger partial charge in [-0.05, 0) is 37.6 Å². The molecule has 100 valence electrons. The van der Waals surface area contributed by atoms with E-state index in [-0.39, 0.29) is 0 Å². The second-order valence-corrected chi connectivity index (χ2v) is 4.43. The summed E-state index contributed by atoms with van der Waals surface area (Å²) in [6.45, 7) is 4.72. The van der Waals surface area contributed by atoms with Crippen LogP contribution in [0.1, 0.15) is 18.9 Å². The maximum absolute atomic E-state index is 5.83. The molecule has 1 aromatic heterocycles. The first kappa shape index (κ1) is 13.2. The maximum atomic E-state index is 5.83. The Labute approximate surface area is 113 Å². The Kier molecular flexibility index (Phi) is 4.23. The van der Waals surface area contributed by atoms with Gasteiger partial charge in [0.25, 0.3) is 0 Å². The van der Waals surface area contributed by atoms with E-state index in [2.05, 4.69) is 17.2 Å². The minimum atomic E-state index is 0.485. The van der Waals surface area contributed by atoms with Crippen LogP contribution >= 0.6 is 0 Å². The smallest absolute Gasteiger partial charge is 0.239 e. The fourth-order valence-corrected chi connectivity index (χ4v) is 1.62. The van der Waals surface area contributed by atoms with Gasteiger partial charge in [0.1, 0.15) is 5.82 Å². The summed E-state index contributed by atoms with van der Waals surface area (Å²) in [4.78, 5) is 4.37. The molecule has 1 heterocycles. The first-order valence-electron chi connectivity index (χ1n) is 6.42. The zero-order chi connectivity index (χ0) is 13.7. The van der Waals surface area contributed by atoms with Gasteiger partial charge in [-0.1, -0.05) is 24.6 Å². The van der Waals surface area contributed by atoms with E-state index >= 15 is 0 Å². The fourth-order valence-electron chi connectivity index (χ4n) is 1.62. The highest BCUT2D eigenvalue weighted by molar-refractivity contribution is 5.60. The van der Waals surface area contributed by atoms with Gasteiger partial charge in [-0.3, -0.25) is 0 Å². The minimum absolute atomic E-state index is 0.485. The number of ether oxygens (including phenoxy) is 1. The van der Waals surface area contributed by atoms with E-state index in [1.807, 2.05) is 37.3 Å². The van der Waals surface area contributed by atoms with E-state index in [9.17, 15) is 0 Å². The summed E-state index contributed by atoms with van der Waals surface area (Å²) in [5, 5.41) is 3.23. The molecule has 4 heteroatoms. The molecule has 2 rings (SSSR count). The monoisotopic (exact) mass is 257 g/mol. The van der Waals surface area contributed by atoms with Crippen LogP contribution in [0.4, 0.5) is 17.2 Å². The molecule has 2 aromatic rings. The summed E-state index contributed by atoms with van der Waals surface area (Å²) in [5.74, 6) is 1.21. The van der Waals surface area contributed by atoms with Crippen molar-refractivity contribution < 1.29 is 4.74 Å². The Balaban J connectivity index is 2.14. The molecule has 0 aliphatic rings. The molecule has 19 heavy (non-hydrogen) atoms. The molecule has 0 fully saturated rings. The molecule has 4 nitrogen and oxygen atoms in total. The largest absolute Gasteiger partial charge is 0.476 e. The van der Waals surface area contributed by atoms with Crippen LogP contribution in [0.25, 0.3) is 0 Å². The van der Waals surface area contributed by atoms with E-state index in [0.717, 1.165) is 17.9 Å². The van der Waals surface area contributed by atoms with E-state index in [1.54, 1.807) is 6.07 Å². The molecule has 3 N–H and O–H groups in total. The van der Waals surface area contributed by atoms with Crippen molar-refractivity contribution in [2.75, 3.05) is 17.7 Å². The molecule has 0 aliphatic heterocycles. The van der Waals surface area contributed by atoms with Crippen molar-refractivity contribution in [3.8, 4) is 5.88 Å². The van der Waals surface area contributed by atoms with E-state index in [0.29, 0.717) is 18.2 Å². The number of pyridine rings is 1. The lowest BCUT2D eigenvalue weighted by Crippen LogP contribution is -2.03. The number of rotatable bonds is 5. The van der Waals surface area contributed by atoms with Gasteiger partial charge in [0.15, 0.2) is 0 Å². The van der Waals surface area contributed by atoms with Gasteiger partial charge in [0.2, 0.25) is 5.88 Å². The number of hydrogen-bond acceptors (Lipinski definition) is 4. The molecular formula is C15H19N3O. The average molecular weight is 257 g/mol. The summed E-state index contributed by atoms with van der Waals surface area (Å²) >= 11 is 0. The highest BCUT2D eigenvalue weighted by Gasteiger charge is 2.04. The zero-order valence-corrected chi connectivity index (χ0v) is 11.3. The maximum Gasteiger partial charge on any atom is 0.239 e. The Bertz CT molecular complexity index is 538. The number of aromatic nitrogens is 1. The third-order valence-electron chi connectivity index (χ3n) is 2.66. The van der Waals surface area contributed by atoms with E-state index in [4.69, 9.17) is 10.5 Å². The van der Waals surface area contributed by atoms with Crippen molar-refractivity contribution in [1.29, 1.82) is 0 Å². The van der Waals surface area contributed by atoms with Gasteiger partial charge in [-0.25, -0.2) is 0 Å². The van der Waals surface area contributed by atoms with Crippen LogP contribution in [0.2, 0.25) is 0 Å². The first-order chi connectivity index (χ1) is 9.19. The lowest BCUT2D eigenvalue weighted by atomic mass is 10.2. The highest BCUT2D eigenvalue weighted by atomic mass is 16.5. The molecule has 0 unspecified atom stereocenters. The summed E-state index contributed by atoms with van der Waals surface area (Å²) in [7, 11) is 0. The van der Waals surface area contributed by atoms with Gasteiger partial charge in [-0.15, -0.1) is 0 Å². The van der Waals surface area contributed by atoms with Crippen LogP contribution in [0, 0.1) is 6.92 Å². The van der Waals surface area contributed by atoms with Gasteiger partial charge in [0, 0.05) is 5.69 Å². The molecular weight excluding hydrogens is 238 g/mol. The molecule has 1 aromatic carbocycles. The summed E-state index contributed by atoms with van der Waals surface area (Å²) < 4.78 is 5.51. The Morgan fingerprint density at radius 2 is 1.89 bits per heavy atom. The number of nitrogen functional groups attached to an aromatic ring is 1. The number of nitrogens with one attached hydrogen (secondary N) is 1. The van der Waals surface area contributed by atoms with Gasteiger partial charge in [0.05, 0.1) is 12.3 Å². The van der Waals surface area contributed by atoms with Crippen molar-refractivity contribution >= 4 is 17.2 Å². The predicted octanol–water partition coefficient (Wildman–Crippen LogP) is 3.50. The molecule has 0 radical (unpaired) electrons. The zero-order valence-electron chi connectivity index (χ0n) is 11.3. The third kappa shape index (κ3) is 3.61. The Morgan fingerprint density at radius 1 is 1.16 bits per heavy atom. The van der Waals surface area contributed by atoms with E-state index < -0.39 is 0 Å². The minimum Gasteiger partial charge on any atom is -0.476 e. The lowest BCUT2D eigenvalue weighted by molar-refractivity contribution is 0.307. The van der Waals surface area contributed by atoms with Gasteiger partial charge >= 0.3 is 0 Å². The normalized spacial score (nSPS) is 10.2. The number of anilines is 3. The quantitative estimate of drug-likeness (QED) is 0.860. The van der Waals surface area contributed by atoms with Crippen molar-refractivity contribution in [3.05, 3.63) is 42.0 Å². The lowest BCUT2D eigenvalue weighted by Gasteiger charge is -2.10. The topological polar surface area (TPSA) is 60.2 Å². The molecule has 0 atom stereocenters. The molecule has 0 amide bonds. The predicted molar refractivity (Wildman–Crippen MR) is 78.9 cm³/mol. The molecule has 0 bridgehead atoms. The average Bonchev–Trinajstić information content (AvgIpc) is 2.42. The van der Waals surface area contributed by atoms with Crippen molar-refractivity contribution in [1.82, 2.24) is 4.98 Å². The van der Waals surface area contributed by atoms with Crippen LogP contribution in [-0.4, -0.2) is 11.6 Å². The van der Waals surface area contributed by atoms with Crippen LogP contribution in [0.5, 0.6) is 5.88 Å². The second-order valence-electron chi connectivity index (χ2n) is 4.43. The van der Waals surface area contributed by atoms with Crippen molar-refractivity contribution in [2.45, 2.75) is 20.3 Å². The number of benzene rings is 1. The van der Waals surface area contributed by atoms with Gasteiger partial charge < -0.3 is 15.8 Å². The van der Waals surface area contributed by atoms with Crippen LogP contribution in [0.15, 0.2) is 36.4 Å². The SMILES string of the molecule is CCCOc1nc(Nc2ccc(C)cc2)ccc1N. The Morgan fingerprint density at radius 3 is 2.58 bits per heavy atom. The molecule has 0 aliphatic carbocycles. The fraction of sp³-hybridized carbons (Fsp3) is 0.267. The van der Waals surface area contributed by atoms with Crippen molar-refractivity contribution in [2.24, 2.45) is 0 Å². The standard InChI is InChI=1S/C15H19N3O/c1-3-10-19-15-13(16)8-9-14(18-15)17-12-6-4-11(2)5-7-12/h4-9H,3,10,16H2,1-2H3,(H,17,18). The molecule has 0 saturated heterocycles. The second kappa shape index (κ2) is 6.09. The van der Waals surface area contributed by atoms with Crippen molar-refractivity contribution in [3.63, 3.8) is 0 Å². The Hall–Kier alpha value is -2.23. The number of aryl methyl sites for hydroxylation is 1. The van der Waals surface area contributed by atoms with Crippen LogP contribution < -0.4 is 15.8 Å². The third-order valence-corrected chi connectivity index (χ3v) is 2.66. The first-order valence-corrected chi connectivity index (χ1v) is 6.42. The van der Waals surface area contributed by atoms with Crippen LogP contribution in [-0.2, 0) is 0 Å².